The molecule has 0 aromatic carbocycles. The van der Waals surface area contributed by atoms with Gasteiger partial charge in [0.25, 0.3) is 0 Å². The fourth-order valence-electron chi connectivity index (χ4n) is 4.08. The van der Waals surface area contributed by atoms with Crippen molar-refractivity contribution in [3.05, 3.63) is 12.2 Å². The van der Waals surface area contributed by atoms with Crippen molar-refractivity contribution < 1.29 is 0 Å². The Morgan fingerprint density at radius 3 is 2.47 bits per heavy atom. The number of nitrogens with one attached hydrogen (secondary N) is 1. The van der Waals surface area contributed by atoms with E-state index in [2.05, 4.69) is 36.4 Å². The van der Waals surface area contributed by atoms with Gasteiger partial charge in [-0.25, -0.2) is 5.01 Å². The van der Waals surface area contributed by atoms with E-state index in [1.165, 1.54) is 38.6 Å². The summed E-state index contributed by atoms with van der Waals surface area (Å²) in [5.41, 5.74) is 3.75. The second-order valence-corrected chi connectivity index (χ2v) is 6.44. The Hall–Kier alpha value is -0.340. The van der Waals surface area contributed by atoms with Crippen molar-refractivity contribution in [3.63, 3.8) is 0 Å². The molecule has 1 saturated heterocycles. The Labute approximate surface area is 105 Å². The minimum Gasteiger partial charge on any atom is -0.254 e. The van der Waals surface area contributed by atoms with Crippen LogP contribution in [0.5, 0.6) is 0 Å². The molecule has 96 valence electrons. The van der Waals surface area contributed by atoms with Gasteiger partial charge in [-0.1, -0.05) is 18.6 Å². The fraction of sp³-hybridized carbons (Fsp3) is 0.867. The van der Waals surface area contributed by atoms with Crippen LogP contribution in [0.2, 0.25) is 0 Å². The highest BCUT2D eigenvalue weighted by Gasteiger charge is 2.36. The van der Waals surface area contributed by atoms with Crippen molar-refractivity contribution in [2.75, 3.05) is 6.54 Å². The first-order chi connectivity index (χ1) is 8.24. The first-order valence-corrected chi connectivity index (χ1v) is 7.44. The molecule has 1 aliphatic heterocycles. The van der Waals surface area contributed by atoms with E-state index in [9.17, 15) is 0 Å². The van der Waals surface area contributed by atoms with Crippen LogP contribution < -0.4 is 5.43 Å². The number of hydrogen-bond acceptors (Lipinski definition) is 2. The molecule has 3 rings (SSSR count). The van der Waals surface area contributed by atoms with E-state index in [1.807, 2.05) is 0 Å². The molecule has 0 amide bonds. The number of allylic oxidation sites excluding steroid dienone is 2. The Morgan fingerprint density at radius 2 is 1.88 bits per heavy atom. The van der Waals surface area contributed by atoms with Crippen molar-refractivity contribution in [2.45, 2.75) is 58.0 Å². The molecule has 1 N–H and O–H groups in total. The monoisotopic (exact) mass is 234 g/mol. The molecule has 0 spiro atoms. The first kappa shape index (κ1) is 11.7. The molecule has 5 atom stereocenters. The van der Waals surface area contributed by atoms with Gasteiger partial charge >= 0.3 is 0 Å². The molecule has 5 unspecified atom stereocenters. The lowest BCUT2D eigenvalue weighted by Gasteiger charge is -2.40. The van der Waals surface area contributed by atoms with Gasteiger partial charge in [-0.15, -0.1) is 0 Å². The van der Waals surface area contributed by atoms with E-state index in [4.69, 9.17) is 0 Å². The normalized spacial score (nSPS) is 45.6. The summed E-state index contributed by atoms with van der Waals surface area (Å²) in [6.07, 6.45) is 11.9. The van der Waals surface area contributed by atoms with Gasteiger partial charge in [-0.05, 0) is 57.3 Å². The van der Waals surface area contributed by atoms with Gasteiger partial charge in [0.2, 0.25) is 0 Å². The van der Waals surface area contributed by atoms with Gasteiger partial charge < -0.3 is 0 Å². The minimum absolute atomic E-state index is 0.716. The van der Waals surface area contributed by atoms with Crippen molar-refractivity contribution in [2.24, 2.45) is 17.8 Å². The van der Waals surface area contributed by atoms with Crippen LogP contribution in [0.25, 0.3) is 0 Å². The molecule has 2 fully saturated rings. The third kappa shape index (κ3) is 2.30. The van der Waals surface area contributed by atoms with E-state index >= 15 is 0 Å². The lowest BCUT2D eigenvalue weighted by molar-refractivity contribution is 0.0389. The summed E-state index contributed by atoms with van der Waals surface area (Å²) >= 11 is 0. The summed E-state index contributed by atoms with van der Waals surface area (Å²) in [6, 6.07) is 1.43. The lowest BCUT2D eigenvalue weighted by Crippen LogP contribution is -2.53. The Bertz CT molecular complexity index is 289. The molecule has 2 bridgehead atoms. The quantitative estimate of drug-likeness (QED) is 0.755. The van der Waals surface area contributed by atoms with Gasteiger partial charge in [0.05, 0.1) is 0 Å². The lowest BCUT2D eigenvalue weighted by atomic mass is 9.93. The number of piperidine rings is 1. The van der Waals surface area contributed by atoms with Crippen molar-refractivity contribution >= 4 is 0 Å². The number of rotatable bonds is 3. The summed E-state index contributed by atoms with van der Waals surface area (Å²) in [4.78, 5) is 0. The molecule has 17 heavy (non-hydrogen) atoms. The highest BCUT2D eigenvalue weighted by Crippen LogP contribution is 2.43. The second kappa shape index (κ2) is 4.74. The standard InChI is InChI=1S/C15H26N2/c1-11-4-3-5-12(2)17(11)16-10-15-9-13-6-7-14(15)8-13/h6-7,11-16H,3-5,8-10H2,1-2H3. The Morgan fingerprint density at radius 1 is 1.12 bits per heavy atom. The molecule has 2 nitrogen and oxygen atoms in total. The molecular formula is C15H26N2. The molecule has 0 aromatic rings. The maximum absolute atomic E-state index is 3.75. The topological polar surface area (TPSA) is 15.3 Å². The van der Waals surface area contributed by atoms with Crippen LogP contribution in [0.3, 0.4) is 0 Å². The van der Waals surface area contributed by atoms with Crippen LogP contribution in [0, 0.1) is 17.8 Å². The van der Waals surface area contributed by atoms with Gasteiger partial charge in [-0.3, -0.25) is 5.43 Å². The van der Waals surface area contributed by atoms with Gasteiger partial charge in [0.1, 0.15) is 0 Å². The van der Waals surface area contributed by atoms with E-state index in [1.54, 1.807) is 0 Å². The van der Waals surface area contributed by atoms with Gasteiger partial charge in [-0.2, -0.15) is 0 Å². The highest BCUT2D eigenvalue weighted by atomic mass is 15.5. The zero-order valence-corrected chi connectivity index (χ0v) is 11.2. The molecule has 2 heteroatoms. The average molecular weight is 234 g/mol. The van der Waals surface area contributed by atoms with Crippen LogP contribution >= 0.6 is 0 Å². The number of hydrogen-bond donors (Lipinski definition) is 1. The summed E-state index contributed by atoms with van der Waals surface area (Å²) in [6.45, 7) is 5.92. The third-order valence-electron chi connectivity index (χ3n) is 5.15. The summed E-state index contributed by atoms with van der Waals surface area (Å²) in [5.74, 6) is 2.68. The molecule has 0 radical (unpaired) electrons. The summed E-state index contributed by atoms with van der Waals surface area (Å²) in [5, 5.41) is 2.53. The number of fused-ring (bicyclic) bond motifs is 2. The first-order valence-electron chi connectivity index (χ1n) is 7.44. The minimum atomic E-state index is 0.716. The zero-order chi connectivity index (χ0) is 11.8. The third-order valence-corrected chi connectivity index (χ3v) is 5.15. The predicted octanol–water partition coefficient (Wildman–Crippen LogP) is 2.97. The largest absolute Gasteiger partial charge is 0.254 e. The maximum atomic E-state index is 3.75. The SMILES string of the molecule is CC1CCCC(C)N1NCC1CC2C=CC1C2. The van der Waals surface area contributed by atoms with Gasteiger partial charge in [0.15, 0.2) is 0 Å². The molecule has 1 saturated carbocycles. The van der Waals surface area contributed by atoms with Crippen molar-refractivity contribution in [3.8, 4) is 0 Å². The highest BCUT2D eigenvalue weighted by molar-refractivity contribution is 5.10. The summed E-state index contributed by atoms with van der Waals surface area (Å²) in [7, 11) is 0. The van der Waals surface area contributed by atoms with Crippen LogP contribution in [0.1, 0.15) is 46.0 Å². The number of hydrazine groups is 1. The van der Waals surface area contributed by atoms with Crippen LogP contribution in [0.15, 0.2) is 12.2 Å². The smallest absolute Gasteiger partial charge is 0.0218 e. The fourth-order valence-corrected chi connectivity index (χ4v) is 4.08. The molecule has 3 aliphatic rings. The van der Waals surface area contributed by atoms with Crippen molar-refractivity contribution in [1.82, 2.24) is 10.4 Å². The Kier molecular flexibility index (Phi) is 3.27. The van der Waals surface area contributed by atoms with Crippen LogP contribution in [-0.4, -0.2) is 23.6 Å². The van der Waals surface area contributed by atoms with E-state index < -0.39 is 0 Å². The molecule has 2 aliphatic carbocycles. The zero-order valence-electron chi connectivity index (χ0n) is 11.2. The summed E-state index contributed by atoms with van der Waals surface area (Å²) < 4.78 is 0. The van der Waals surface area contributed by atoms with E-state index in [-0.39, 0.29) is 0 Å². The van der Waals surface area contributed by atoms with Crippen LogP contribution in [0.4, 0.5) is 0 Å². The molecule has 1 heterocycles. The average Bonchev–Trinajstić information content (AvgIpc) is 2.90. The maximum Gasteiger partial charge on any atom is 0.0218 e. The van der Waals surface area contributed by atoms with E-state index in [0.717, 1.165) is 17.8 Å². The van der Waals surface area contributed by atoms with Crippen molar-refractivity contribution in [1.29, 1.82) is 0 Å². The molecule has 0 aromatic heterocycles. The van der Waals surface area contributed by atoms with Gasteiger partial charge in [0, 0.05) is 18.6 Å². The Balaban J connectivity index is 1.51. The predicted molar refractivity (Wildman–Crippen MR) is 71.5 cm³/mol. The van der Waals surface area contributed by atoms with E-state index in [0.29, 0.717) is 12.1 Å². The van der Waals surface area contributed by atoms with Crippen LogP contribution in [-0.2, 0) is 0 Å². The second-order valence-electron chi connectivity index (χ2n) is 6.44. The molecular weight excluding hydrogens is 208 g/mol. The number of nitrogens with zero attached hydrogens (tertiary/aromatic N) is 1.